The lowest BCUT2D eigenvalue weighted by atomic mass is 10.1. The molecule has 0 aliphatic rings. The smallest absolute Gasteiger partial charge is 0.251 e. The lowest BCUT2D eigenvalue weighted by Crippen LogP contribution is -2.26. The largest absolute Gasteiger partial charge is 0.345 e. The second kappa shape index (κ2) is 6.58. The minimum Gasteiger partial charge on any atom is -0.345 e. The fourth-order valence-electron chi connectivity index (χ4n) is 2.23. The lowest BCUT2D eigenvalue weighted by molar-refractivity contribution is 0.0940. The minimum absolute atomic E-state index is 0.166. The van der Waals surface area contributed by atoms with Crippen molar-refractivity contribution in [2.45, 2.75) is 13.0 Å². The monoisotopic (exact) mass is 327 g/mol. The minimum atomic E-state index is -0.185. The van der Waals surface area contributed by atoms with Crippen LogP contribution in [0.25, 0.3) is 5.69 Å². The number of carbonyl (C=O) groups is 1. The van der Waals surface area contributed by atoms with Crippen molar-refractivity contribution in [3.63, 3.8) is 0 Å². The van der Waals surface area contributed by atoms with Gasteiger partial charge in [-0.05, 0) is 53.2 Å². The fourth-order valence-corrected chi connectivity index (χ4v) is 2.53. The van der Waals surface area contributed by atoms with Crippen LogP contribution in [0.2, 0.25) is 5.02 Å². The van der Waals surface area contributed by atoms with Crippen molar-refractivity contribution in [3.8, 4) is 5.69 Å². The maximum absolute atomic E-state index is 12.3. The SMILES string of the molecule is C[C@@H](NC(=O)c1ccc(-n2cnnn2)cc1)c1ccccc1Cl. The van der Waals surface area contributed by atoms with E-state index in [9.17, 15) is 4.79 Å². The number of hydrogen-bond donors (Lipinski definition) is 1. The first kappa shape index (κ1) is 15.2. The molecule has 3 rings (SSSR count). The molecule has 6 nitrogen and oxygen atoms in total. The Morgan fingerprint density at radius 3 is 2.57 bits per heavy atom. The molecule has 0 aliphatic heterocycles. The van der Waals surface area contributed by atoms with E-state index in [4.69, 9.17) is 11.6 Å². The van der Waals surface area contributed by atoms with Gasteiger partial charge in [0, 0.05) is 10.6 Å². The predicted molar refractivity (Wildman–Crippen MR) is 86.5 cm³/mol. The van der Waals surface area contributed by atoms with E-state index in [-0.39, 0.29) is 11.9 Å². The maximum Gasteiger partial charge on any atom is 0.251 e. The molecule has 3 aromatic rings. The first-order valence-electron chi connectivity index (χ1n) is 7.04. The van der Waals surface area contributed by atoms with Gasteiger partial charge in [0.05, 0.1) is 11.7 Å². The summed E-state index contributed by atoms with van der Waals surface area (Å²) in [5, 5.41) is 14.5. The molecule has 0 aliphatic carbocycles. The van der Waals surface area contributed by atoms with Crippen LogP contribution in [0.15, 0.2) is 54.9 Å². The summed E-state index contributed by atoms with van der Waals surface area (Å²) in [6.07, 6.45) is 1.49. The third-order valence-electron chi connectivity index (χ3n) is 3.46. The van der Waals surface area contributed by atoms with Crippen LogP contribution in [-0.4, -0.2) is 26.1 Å². The molecule has 1 aromatic heterocycles. The molecule has 1 amide bonds. The van der Waals surface area contributed by atoms with E-state index < -0.39 is 0 Å². The van der Waals surface area contributed by atoms with Crippen LogP contribution in [0.3, 0.4) is 0 Å². The van der Waals surface area contributed by atoms with Crippen molar-refractivity contribution >= 4 is 17.5 Å². The summed E-state index contributed by atoms with van der Waals surface area (Å²) in [4.78, 5) is 12.3. The Hall–Kier alpha value is -2.73. The average molecular weight is 328 g/mol. The summed E-state index contributed by atoms with van der Waals surface area (Å²) in [5.74, 6) is -0.166. The summed E-state index contributed by atoms with van der Waals surface area (Å²) < 4.78 is 1.52. The molecule has 0 unspecified atom stereocenters. The van der Waals surface area contributed by atoms with Crippen LogP contribution in [0.5, 0.6) is 0 Å². The topological polar surface area (TPSA) is 72.7 Å². The third-order valence-corrected chi connectivity index (χ3v) is 3.81. The average Bonchev–Trinajstić information content (AvgIpc) is 3.09. The van der Waals surface area contributed by atoms with E-state index >= 15 is 0 Å². The second-order valence-electron chi connectivity index (χ2n) is 5.02. The van der Waals surface area contributed by atoms with Gasteiger partial charge in [-0.25, -0.2) is 4.68 Å². The number of amides is 1. The van der Waals surface area contributed by atoms with Gasteiger partial charge in [0.15, 0.2) is 0 Å². The molecule has 1 atom stereocenters. The molecule has 0 saturated heterocycles. The van der Waals surface area contributed by atoms with Crippen LogP contribution in [0, 0.1) is 0 Å². The molecule has 7 heteroatoms. The molecular weight excluding hydrogens is 314 g/mol. The number of benzene rings is 2. The van der Waals surface area contributed by atoms with Gasteiger partial charge >= 0.3 is 0 Å². The quantitative estimate of drug-likeness (QED) is 0.799. The number of rotatable bonds is 4. The number of aromatic nitrogens is 4. The maximum atomic E-state index is 12.3. The predicted octanol–water partition coefficient (Wildman–Crippen LogP) is 2.81. The fraction of sp³-hybridized carbons (Fsp3) is 0.125. The van der Waals surface area contributed by atoms with Crippen LogP contribution in [0.1, 0.15) is 28.9 Å². The number of tetrazole rings is 1. The first-order chi connectivity index (χ1) is 11.1. The number of nitrogens with one attached hydrogen (secondary N) is 1. The molecule has 2 aromatic carbocycles. The van der Waals surface area contributed by atoms with E-state index in [1.54, 1.807) is 30.3 Å². The molecule has 0 saturated carbocycles. The summed E-state index contributed by atoms with van der Waals surface area (Å²) in [6.45, 7) is 1.90. The molecule has 1 heterocycles. The summed E-state index contributed by atoms with van der Waals surface area (Å²) >= 11 is 6.15. The first-order valence-corrected chi connectivity index (χ1v) is 7.41. The highest BCUT2D eigenvalue weighted by molar-refractivity contribution is 6.31. The Morgan fingerprint density at radius 1 is 1.17 bits per heavy atom. The Bertz CT molecular complexity index is 802. The van der Waals surface area contributed by atoms with Crippen LogP contribution < -0.4 is 5.32 Å². The molecule has 0 bridgehead atoms. The van der Waals surface area contributed by atoms with E-state index in [0.717, 1.165) is 11.3 Å². The Labute approximate surface area is 138 Å². The number of nitrogens with zero attached hydrogens (tertiary/aromatic N) is 4. The standard InChI is InChI=1S/C16H14ClN5O/c1-11(14-4-2-3-5-15(14)17)19-16(23)12-6-8-13(9-7-12)22-10-18-20-21-22/h2-11H,1H3,(H,19,23)/t11-/m1/s1. The van der Waals surface area contributed by atoms with Crippen molar-refractivity contribution in [3.05, 3.63) is 71.0 Å². The Balaban J connectivity index is 1.72. The van der Waals surface area contributed by atoms with Gasteiger partial charge < -0.3 is 5.32 Å². The van der Waals surface area contributed by atoms with Crippen LogP contribution in [0.4, 0.5) is 0 Å². The molecule has 116 valence electrons. The van der Waals surface area contributed by atoms with Gasteiger partial charge in [-0.1, -0.05) is 29.8 Å². The van der Waals surface area contributed by atoms with Crippen molar-refractivity contribution in [1.82, 2.24) is 25.5 Å². The highest BCUT2D eigenvalue weighted by Crippen LogP contribution is 2.22. The van der Waals surface area contributed by atoms with Gasteiger partial charge in [-0.3, -0.25) is 4.79 Å². The highest BCUT2D eigenvalue weighted by Gasteiger charge is 2.13. The van der Waals surface area contributed by atoms with Gasteiger partial charge in [0.2, 0.25) is 0 Å². The van der Waals surface area contributed by atoms with Gasteiger partial charge in [0.25, 0.3) is 5.91 Å². The summed E-state index contributed by atoms with van der Waals surface area (Å²) in [5.41, 5.74) is 2.22. The van der Waals surface area contributed by atoms with E-state index in [1.165, 1.54) is 11.0 Å². The van der Waals surface area contributed by atoms with Crippen molar-refractivity contribution in [2.75, 3.05) is 0 Å². The molecule has 23 heavy (non-hydrogen) atoms. The molecular formula is C16H14ClN5O. The second-order valence-corrected chi connectivity index (χ2v) is 5.43. The van der Waals surface area contributed by atoms with Gasteiger partial charge in [0.1, 0.15) is 6.33 Å². The zero-order chi connectivity index (χ0) is 16.2. The Kier molecular flexibility index (Phi) is 4.34. The van der Waals surface area contributed by atoms with Crippen molar-refractivity contribution in [1.29, 1.82) is 0 Å². The highest BCUT2D eigenvalue weighted by atomic mass is 35.5. The lowest BCUT2D eigenvalue weighted by Gasteiger charge is -2.15. The zero-order valence-corrected chi connectivity index (χ0v) is 13.1. The van der Waals surface area contributed by atoms with Gasteiger partial charge in [-0.15, -0.1) is 5.10 Å². The van der Waals surface area contributed by atoms with Crippen molar-refractivity contribution in [2.24, 2.45) is 0 Å². The van der Waals surface area contributed by atoms with E-state index in [1.807, 2.05) is 25.1 Å². The molecule has 1 N–H and O–H groups in total. The number of carbonyl (C=O) groups excluding carboxylic acids is 1. The van der Waals surface area contributed by atoms with E-state index in [2.05, 4.69) is 20.8 Å². The number of halogens is 1. The zero-order valence-electron chi connectivity index (χ0n) is 12.3. The third kappa shape index (κ3) is 3.37. The normalized spacial score (nSPS) is 11.9. The van der Waals surface area contributed by atoms with E-state index in [0.29, 0.717) is 10.6 Å². The van der Waals surface area contributed by atoms with Crippen LogP contribution >= 0.6 is 11.6 Å². The summed E-state index contributed by atoms with van der Waals surface area (Å²) in [7, 11) is 0. The number of hydrogen-bond acceptors (Lipinski definition) is 4. The van der Waals surface area contributed by atoms with Gasteiger partial charge in [-0.2, -0.15) is 0 Å². The molecule has 0 fully saturated rings. The van der Waals surface area contributed by atoms with Crippen LogP contribution in [-0.2, 0) is 0 Å². The summed E-state index contributed by atoms with van der Waals surface area (Å²) in [6, 6.07) is 14.3. The molecule has 0 spiro atoms. The van der Waals surface area contributed by atoms with Crippen molar-refractivity contribution < 1.29 is 4.79 Å². The molecule has 0 radical (unpaired) electrons. The Morgan fingerprint density at radius 2 is 1.91 bits per heavy atom.